The number of rotatable bonds is 2. The summed E-state index contributed by atoms with van der Waals surface area (Å²) in [5.41, 5.74) is 0.155. The van der Waals surface area contributed by atoms with Crippen LogP contribution in [-0.4, -0.2) is 30.3 Å². The van der Waals surface area contributed by atoms with E-state index in [9.17, 15) is 18.0 Å². The maximum absolute atomic E-state index is 13.0. The van der Waals surface area contributed by atoms with E-state index in [0.29, 0.717) is 0 Å². The van der Waals surface area contributed by atoms with E-state index < -0.39 is 37.1 Å². The molecule has 22 heavy (non-hydrogen) atoms. The van der Waals surface area contributed by atoms with Crippen molar-refractivity contribution in [3.05, 3.63) is 29.3 Å². The lowest BCUT2D eigenvalue weighted by Crippen LogP contribution is -2.33. The predicted octanol–water partition coefficient (Wildman–Crippen LogP) is 2.13. The molecule has 1 saturated heterocycles. The van der Waals surface area contributed by atoms with Crippen LogP contribution in [0, 0.1) is 34.5 Å². The molecular weight excluding hydrogens is 299 g/mol. The molecule has 0 spiro atoms. The third kappa shape index (κ3) is 2.68. The normalized spacial score (nSPS) is 21.2. The van der Waals surface area contributed by atoms with Crippen LogP contribution < -0.4 is 4.90 Å². The summed E-state index contributed by atoms with van der Waals surface area (Å²) in [7, 11) is 0. The average Bonchev–Trinajstić information content (AvgIpc) is 2.91. The van der Waals surface area contributed by atoms with Crippen molar-refractivity contribution in [3.8, 4) is 12.1 Å². The van der Waals surface area contributed by atoms with Crippen LogP contribution in [0.25, 0.3) is 0 Å². The van der Waals surface area contributed by atoms with Crippen molar-refractivity contribution < 1.29 is 23.1 Å². The fourth-order valence-corrected chi connectivity index (χ4v) is 2.63. The quantitative estimate of drug-likeness (QED) is 0.904. The molecule has 1 fully saturated rings. The molecule has 0 radical (unpaired) electrons. The molecule has 2 atom stereocenters. The van der Waals surface area contributed by atoms with Crippen LogP contribution in [0.1, 0.15) is 11.1 Å². The Kier molecular flexibility index (Phi) is 3.96. The number of halogens is 3. The Hall–Kier alpha value is -2.74. The Morgan fingerprint density at radius 2 is 1.77 bits per heavy atom. The van der Waals surface area contributed by atoms with Gasteiger partial charge in [0.05, 0.1) is 28.7 Å². The number of carboxylic acids is 1. The van der Waals surface area contributed by atoms with E-state index in [2.05, 4.69) is 0 Å². The van der Waals surface area contributed by atoms with Gasteiger partial charge < -0.3 is 10.0 Å². The fourth-order valence-electron chi connectivity index (χ4n) is 2.63. The smallest absolute Gasteiger partial charge is 0.394 e. The van der Waals surface area contributed by atoms with Crippen molar-refractivity contribution in [2.75, 3.05) is 18.0 Å². The molecule has 1 aromatic carbocycles. The highest BCUT2D eigenvalue weighted by atomic mass is 19.4. The third-order valence-corrected chi connectivity index (χ3v) is 3.65. The number of nitriles is 2. The van der Waals surface area contributed by atoms with Gasteiger partial charge in [0.2, 0.25) is 0 Å². The average molecular weight is 309 g/mol. The van der Waals surface area contributed by atoms with E-state index in [1.165, 1.54) is 18.2 Å². The first-order valence-corrected chi connectivity index (χ1v) is 6.27. The number of para-hydroxylation sites is 1. The van der Waals surface area contributed by atoms with E-state index in [4.69, 9.17) is 15.6 Å². The van der Waals surface area contributed by atoms with Gasteiger partial charge in [-0.1, -0.05) is 6.07 Å². The van der Waals surface area contributed by atoms with E-state index in [0.717, 1.165) is 4.90 Å². The van der Waals surface area contributed by atoms with Gasteiger partial charge in [0.25, 0.3) is 0 Å². The highest BCUT2D eigenvalue weighted by Gasteiger charge is 2.53. The standard InChI is InChI=1S/C14H10F3N3O2/c15-14(16,17)11-7-20(6-10(11)13(21)22)12-8(4-18)2-1-3-9(12)5-19/h1-3,10-11H,6-7H2,(H,21,22)/t10-,11-/m1/s1. The van der Waals surface area contributed by atoms with Gasteiger partial charge in [-0.05, 0) is 12.1 Å². The van der Waals surface area contributed by atoms with Crippen LogP contribution in [0.5, 0.6) is 0 Å². The molecular formula is C14H10F3N3O2. The van der Waals surface area contributed by atoms with E-state index in [-0.39, 0.29) is 16.8 Å². The highest BCUT2D eigenvalue weighted by Crippen LogP contribution is 2.40. The summed E-state index contributed by atoms with van der Waals surface area (Å²) in [6.07, 6.45) is -4.66. The van der Waals surface area contributed by atoms with Gasteiger partial charge >= 0.3 is 12.1 Å². The number of nitrogens with zero attached hydrogens (tertiary/aromatic N) is 3. The van der Waals surface area contributed by atoms with Crippen molar-refractivity contribution >= 4 is 11.7 Å². The van der Waals surface area contributed by atoms with Crippen LogP contribution in [-0.2, 0) is 4.79 Å². The summed E-state index contributed by atoms with van der Waals surface area (Å²) < 4.78 is 39.0. The zero-order valence-corrected chi connectivity index (χ0v) is 11.1. The van der Waals surface area contributed by atoms with Gasteiger partial charge in [-0.2, -0.15) is 23.7 Å². The van der Waals surface area contributed by atoms with Gasteiger partial charge in [-0.3, -0.25) is 4.79 Å². The van der Waals surface area contributed by atoms with Gasteiger partial charge in [0, 0.05) is 13.1 Å². The van der Waals surface area contributed by atoms with Gasteiger partial charge in [0.15, 0.2) is 0 Å². The molecule has 1 aromatic rings. The summed E-state index contributed by atoms with van der Waals surface area (Å²) in [4.78, 5) is 12.2. The minimum absolute atomic E-state index is 0.0472. The first-order valence-electron chi connectivity index (χ1n) is 6.27. The van der Waals surface area contributed by atoms with Crippen LogP contribution >= 0.6 is 0 Å². The predicted molar refractivity (Wildman–Crippen MR) is 68.8 cm³/mol. The molecule has 0 amide bonds. The molecule has 8 heteroatoms. The third-order valence-electron chi connectivity index (χ3n) is 3.65. The summed E-state index contributed by atoms with van der Waals surface area (Å²) in [6.45, 7) is -0.985. The first-order chi connectivity index (χ1) is 10.3. The Labute approximate surface area is 123 Å². The Bertz CT molecular complexity index is 656. The summed E-state index contributed by atoms with van der Waals surface area (Å²) in [5, 5.41) is 27.2. The van der Waals surface area contributed by atoms with Gasteiger partial charge in [-0.25, -0.2) is 0 Å². The second-order valence-corrected chi connectivity index (χ2v) is 4.92. The monoisotopic (exact) mass is 309 g/mol. The Morgan fingerprint density at radius 3 is 2.14 bits per heavy atom. The van der Waals surface area contributed by atoms with Crippen LogP contribution in [0.3, 0.4) is 0 Å². The Morgan fingerprint density at radius 1 is 1.23 bits per heavy atom. The van der Waals surface area contributed by atoms with E-state index >= 15 is 0 Å². The number of carboxylic acid groups (broad SMARTS) is 1. The molecule has 0 aromatic heterocycles. The number of anilines is 1. The molecule has 0 bridgehead atoms. The Balaban J connectivity index is 2.47. The molecule has 5 nitrogen and oxygen atoms in total. The minimum atomic E-state index is -4.66. The number of carbonyl (C=O) groups is 1. The molecule has 114 valence electrons. The van der Waals surface area contributed by atoms with Gasteiger partial charge in [0.1, 0.15) is 12.1 Å². The number of hydrogen-bond donors (Lipinski definition) is 1. The van der Waals surface area contributed by atoms with Crippen LogP contribution in [0.4, 0.5) is 18.9 Å². The van der Waals surface area contributed by atoms with Crippen LogP contribution in [0.15, 0.2) is 18.2 Å². The molecule has 2 rings (SSSR count). The number of hydrogen-bond acceptors (Lipinski definition) is 4. The van der Waals surface area contributed by atoms with Gasteiger partial charge in [-0.15, -0.1) is 0 Å². The summed E-state index contributed by atoms with van der Waals surface area (Å²) >= 11 is 0. The number of benzene rings is 1. The molecule has 1 N–H and O–H groups in total. The van der Waals surface area contributed by atoms with Crippen molar-refractivity contribution in [3.63, 3.8) is 0 Å². The zero-order valence-electron chi connectivity index (χ0n) is 11.1. The van der Waals surface area contributed by atoms with Crippen molar-refractivity contribution in [2.45, 2.75) is 6.18 Å². The molecule has 1 heterocycles. The lowest BCUT2D eigenvalue weighted by atomic mass is 9.96. The molecule has 0 unspecified atom stereocenters. The lowest BCUT2D eigenvalue weighted by Gasteiger charge is -2.21. The van der Waals surface area contributed by atoms with Crippen molar-refractivity contribution in [1.29, 1.82) is 10.5 Å². The number of aliphatic carboxylic acids is 1. The molecule has 0 aliphatic carbocycles. The molecule has 1 aliphatic heterocycles. The van der Waals surface area contributed by atoms with Crippen molar-refractivity contribution in [2.24, 2.45) is 11.8 Å². The molecule has 0 saturated carbocycles. The van der Waals surface area contributed by atoms with Crippen LogP contribution in [0.2, 0.25) is 0 Å². The second-order valence-electron chi connectivity index (χ2n) is 4.92. The maximum atomic E-state index is 13.0. The lowest BCUT2D eigenvalue weighted by molar-refractivity contribution is -0.187. The fraction of sp³-hybridized carbons (Fsp3) is 0.357. The highest BCUT2D eigenvalue weighted by molar-refractivity contribution is 5.75. The zero-order chi connectivity index (χ0) is 16.5. The largest absolute Gasteiger partial charge is 0.481 e. The second kappa shape index (κ2) is 5.57. The summed E-state index contributed by atoms with van der Waals surface area (Å²) in [5.74, 6) is -5.21. The summed E-state index contributed by atoms with van der Waals surface area (Å²) in [6, 6.07) is 7.86. The number of alkyl halides is 3. The van der Waals surface area contributed by atoms with Crippen molar-refractivity contribution in [1.82, 2.24) is 0 Å². The first kappa shape index (κ1) is 15.6. The van der Waals surface area contributed by atoms with E-state index in [1.807, 2.05) is 12.1 Å². The molecule has 1 aliphatic rings. The SMILES string of the molecule is N#Cc1cccc(C#N)c1N1C[C@@H](C(F)(F)F)[C@H](C(=O)O)C1. The van der Waals surface area contributed by atoms with E-state index in [1.54, 1.807) is 0 Å². The maximum Gasteiger partial charge on any atom is 0.394 e. The topological polar surface area (TPSA) is 88.1 Å². The minimum Gasteiger partial charge on any atom is -0.481 e.